The first-order valence-electron chi connectivity index (χ1n) is 22.2. The molecule has 0 spiro atoms. The van der Waals surface area contributed by atoms with Crippen LogP contribution in [0.5, 0.6) is 0 Å². The number of carbonyl (C=O) groups excluding carboxylic acids is 4. The van der Waals surface area contributed by atoms with Crippen LogP contribution in [0.15, 0.2) is 48.0 Å². The van der Waals surface area contributed by atoms with Gasteiger partial charge in [-0.25, -0.2) is 14.4 Å². The zero-order valence-corrected chi connectivity index (χ0v) is 41.7. The molecule has 1 aromatic carbocycles. The van der Waals surface area contributed by atoms with Crippen LogP contribution in [0, 0.1) is 13.8 Å². The SMILES string of the molecule is C=CC(=O)OCCCCCCOC.C=CC(=O)OCCCCOC.CCCCCC(=O)OC.CCCCCCOC.CCCCOC(=O)OC.Cc1nc(-c2ccc(C)c(Cl)c2)no1. The summed E-state index contributed by atoms with van der Waals surface area (Å²) in [6.07, 6.45) is 18.6. The van der Waals surface area contributed by atoms with Gasteiger partial charge in [0.15, 0.2) is 0 Å². The normalized spacial score (nSPS) is 9.55. The first-order valence-corrected chi connectivity index (χ1v) is 22.6. The number of nitrogens with zero attached hydrogens (tertiary/aromatic N) is 2. The standard InChI is InChI=1S/C10H9ClN2O.C10H18O3.C8H14O3.C7H14O2.C7H16O.C6H12O3/c1-6-3-4-8(5-9(6)11)10-12-7(2)14-13-10;1-3-10(11)13-9-7-5-4-6-8-12-2;1-3-8(9)11-7-5-4-6-10-2;1-3-4-5-6-7(8)9-2;1-3-4-5-6-7-8-2;1-3-4-5-9-6(7)8-2/h3-5H,1-2H3;3H,1,4-9H2,2H3;3H,1,4-7H2,2H3;3-6H2,1-2H3;3-7H2,1-2H3;3-5H2,1-2H3. The Morgan fingerprint density at radius 2 is 1.06 bits per heavy atom. The molecule has 16 heteroatoms. The Kier molecular flexibility index (Phi) is 54.9. The molecule has 0 fully saturated rings. The maximum Gasteiger partial charge on any atom is 0.507 e. The van der Waals surface area contributed by atoms with Gasteiger partial charge in [0.1, 0.15) is 0 Å². The topological polar surface area (TPSA) is 181 Å². The minimum atomic E-state index is -0.594. The number of aromatic nitrogens is 2. The van der Waals surface area contributed by atoms with Gasteiger partial charge in [0.25, 0.3) is 0 Å². The smallest absolute Gasteiger partial charge is 0.469 e. The van der Waals surface area contributed by atoms with Crippen molar-refractivity contribution in [3.63, 3.8) is 0 Å². The highest BCUT2D eigenvalue weighted by atomic mass is 35.5. The highest BCUT2D eigenvalue weighted by molar-refractivity contribution is 6.31. The van der Waals surface area contributed by atoms with Crippen molar-refractivity contribution in [2.45, 2.75) is 137 Å². The molecule has 2 rings (SSSR count). The van der Waals surface area contributed by atoms with E-state index in [0.717, 1.165) is 101 Å². The van der Waals surface area contributed by atoms with E-state index in [0.29, 0.717) is 49.6 Å². The van der Waals surface area contributed by atoms with E-state index in [2.05, 4.69) is 51.4 Å². The number of methoxy groups -OCH3 is 5. The molecule has 0 saturated heterocycles. The Bertz CT molecular complexity index is 1380. The van der Waals surface area contributed by atoms with Crippen molar-refractivity contribution < 1.29 is 61.6 Å². The highest BCUT2D eigenvalue weighted by Gasteiger charge is 2.07. The van der Waals surface area contributed by atoms with Gasteiger partial charge in [-0.1, -0.05) is 108 Å². The van der Waals surface area contributed by atoms with Crippen LogP contribution >= 0.6 is 11.6 Å². The molecule has 0 radical (unpaired) electrons. The fraction of sp³-hybridized carbons (Fsp3) is 0.667. The van der Waals surface area contributed by atoms with E-state index in [1.165, 1.54) is 46.0 Å². The van der Waals surface area contributed by atoms with E-state index < -0.39 is 6.16 Å². The number of ether oxygens (including phenoxy) is 8. The molecule has 1 aromatic heterocycles. The Hall–Kier alpha value is -4.31. The lowest BCUT2D eigenvalue weighted by Gasteiger charge is -2.01. The van der Waals surface area contributed by atoms with E-state index in [1.807, 2.05) is 32.0 Å². The third-order valence-electron chi connectivity index (χ3n) is 8.06. The second-order valence-electron chi connectivity index (χ2n) is 13.7. The molecule has 15 nitrogen and oxygen atoms in total. The van der Waals surface area contributed by atoms with Gasteiger partial charge in [-0.15, -0.1) is 0 Å². The van der Waals surface area contributed by atoms with E-state index in [-0.39, 0.29) is 17.9 Å². The number of carbonyl (C=O) groups is 4. The lowest BCUT2D eigenvalue weighted by molar-refractivity contribution is -0.141. The summed E-state index contributed by atoms with van der Waals surface area (Å²) in [5.74, 6) is 0.337. The molecule has 370 valence electrons. The molecular weight excluding hydrogens is 848 g/mol. The third kappa shape index (κ3) is 50.3. The van der Waals surface area contributed by atoms with Crippen LogP contribution < -0.4 is 0 Å². The molecule has 2 aromatic rings. The van der Waals surface area contributed by atoms with Crippen LogP contribution in [0.4, 0.5) is 4.79 Å². The zero-order chi connectivity index (χ0) is 49.1. The molecule has 0 unspecified atom stereocenters. The molecule has 0 aliphatic rings. The van der Waals surface area contributed by atoms with Crippen molar-refractivity contribution >= 4 is 35.7 Å². The lowest BCUT2D eigenvalue weighted by atomic mass is 10.1. The molecule has 0 N–H and O–H groups in total. The number of rotatable bonds is 27. The monoisotopic (exact) mass is 931 g/mol. The molecule has 0 saturated carbocycles. The van der Waals surface area contributed by atoms with Crippen LogP contribution in [-0.2, 0) is 52.3 Å². The van der Waals surface area contributed by atoms with Gasteiger partial charge in [-0.2, -0.15) is 4.98 Å². The number of hydrogen-bond donors (Lipinski definition) is 0. The van der Waals surface area contributed by atoms with Gasteiger partial charge >= 0.3 is 24.1 Å². The van der Waals surface area contributed by atoms with Crippen LogP contribution in [0.25, 0.3) is 11.4 Å². The zero-order valence-electron chi connectivity index (χ0n) is 40.9. The van der Waals surface area contributed by atoms with Crippen LogP contribution in [0.3, 0.4) is 0 Å². The molecule has 0 bridgehead atoms. The van der Waals surface area contributed by atoms with Gasteiger partial charge < -0.3 is 42.4 Å². The number of hydrogen-bond acceptors (Lipinski definition) is 15. The summed E-state index contributed by atoms with van der Waals surface area (Å²) in [5.41, 5.74) is 1.91. The second kappa shape index (κ2) is 53.0. The van der Waals surface area contributed by atoms with Crippen molar-refractivity contribution in [2.24, 2.45) is 0 Å². The average Bonchev–Trinajstić information content (AvgIpc) is 3.75. The van der Waals surface area contributed by atoms with Crippen molar-refractivity contribution in [1.82, 2.24) is 10.1 Å². The maximum atomic E-state index is 10.6. The van der Waals surface area contributed by atoms with Gasteiger partial charge in [0.2, 0.25) is 11.7 Å². The summed E-state index contributed by atoms with van der Waals surface area (Å²) in [6, 6.07) is 5.69. The number of benzene rings is 1. The van der Waals surface area contributed by atoms with E-state index >= 15 is 0 Å². The molecule has 0 aliphatic heterocycles. The summed E-state index contributed by atoms with van der Waals surface area (Å²) < 4.78 is 42.3. The number of halogens is 1. The van der Waals surface area contributed by atoms with Gasteiger partial charge in [-0.3, -0.25) is 4.79 Å². The average molecular weight is 932 g/mol. The van der Waals surface area contributed by atoms with Crippen molar-refractivity contribution in [3.05, 3.63) is 60.0 Å². The predicted molar refractivity (Wildman–Crippen MR) is 253 cm³/mol. The van der Waals surface area contributed by atoms with E-state index in [9.17, 15) is 19.2 Å². The summed E-state index contributed by atoms with van der Waals surface area (Å²) in [7, 11) is 7.83. The predicted octanol–water partition coefficient (Wildman–Crippen LogP) is 11.6. The van der Waals surface area contributed by atoms with E-state index in [4.69, 9.17) is 39.8 Å². The Morgan fingerprint density at radius 3 is 1.48 bits per heavy atom. The number of esters is 3. The number of unbranched alkanes of at least 4 members (excludes halogenated alkanes) is 10. The summed E-state index contributed by atoms with van der Waals surface area (Å²) in [5, 5.41) is 4.52. The highest BCUT2D eigenvalue weighted by Crippen LogP contribution is 2.23. The quantitative estimate of drug-likeness (QED) is 0.0357. The van der Waals surface area contributed by atoms with Crippen molar-refractivity contribution in [1.29, 1.82) is 0 Å². The largest absolute Gasteiger partial charge is 0.507 e. The summed E-state index contributed by atoms with van der Waals surface area (Å²) >= 11 is 5.98. The fourth-order valence-corrected chi connectivity index (χ4v) is 4.50. The van der Waals surface area contributed by atoms with Crippen LogP contribution in [-0.4, -0.2) is 109 Å². The third-order valence-corrected chi connectivity index (χ3v) is 8.47. The maximum absolute atomic E-state index is 10.6. The first kappa shape index (κ1) is 66.3. The Balaban J connectivity index is -0.000000342. The summed E-state index contributed by atoms with van der Waals surface area (Å²) in [4.78, 5) is 45.9. The van der Waals surface area contributed by atoms with Crippen molar-refractivity contribution in [2.75, 3.05) is 75.2 Å². The molecule has 1 heterocycles. The van der Waals surface area contributed by atoms with E-state index in [1.54, 1.807) is 28.3 Å². The van der Waals surface area contributed by atoms with Crippen LogP contribution in [0.1, 0.15) is 135 Å². The molecule has 64 heavy (non-hydrogen) atoms. The van der Waals surface area contributed by atoms with Gasteiger partial charge in [-0.05, 0) is 69.9 Å². The van der Waals surface area contributed by atoms with Crippen LogP contribution in [0.2, 0.25) is 5.02 Å². The van der Waals surface area contributed by atoms with Crippen molar-refractivity contribution in [3.8, 4) is 11.4 Å². The number of aryl methyl sites for hydroxylation is 2. The lowest BCUT2D eigenvalue weighted by Crippen LogP contribution is -2.04. The molecule has 0 aliphatic carbocycles. The Labute approximate surface area is 390 Å². The first-order chi connectivity index (χ1) is 30.8. The Morgan fingerprint density at radius 1 is 0.609 bits per heavy atom. The van der Waals surface area contributed by atoms with Gasteiger partial charge in [0, 0.05) is 77.2 Å². The molecule has 0 atom stereocenters. The fourth-order valence-electron chi connectivity index (χ4n) is 4.32. The van der Waals surface area contributed by atoms with Gasteiger partial charge in [0.05, 0.1) is 34.0 Å². The second-order valence-corrected chi connectivity index (χ2v) is 14.1. The summed E-state index contributed by atoms with van der Waals surface area (Å²) in [6.45, 7) is 20.5. The molecular formula is C48H83ClN2O13. The molecule has 0 amide bonds. The minimum Gasteiger partial charge on any atom is -0.469 e. The minimum absolute atomic E-state index is 0.0940.